The van der Waals surface area contributed by atoms with Gasteiger partial charge in [-0.25, -0.2) is 0 Å². The van der Waals surface area contributed by atoms with Crippen molar-refractivity contribution in [2.24, 2.45) is 5.18 Å². The van der Waals surface area contributed by atoms with E-state index in [2.05, 4.69) is 11.8 Å². The molecule has 0 bridgehead atoms. The largest absolute Gasteiger partial charge is 0.389 e. The molecule has 0 amide bonds. The molecule has 0 fully saturated rings. The minimum Gasteiger partial charge on any atom is -0.389 e. The minimum absolute atomic E-state index is 0.283. The van der Waals surface area contributed by atoms with Crippen molar-refractivity contribution < 1.29 is 5.11 Å². The van der Waals surface area contributed by atoms with Crippen LogP contribution in [0.15, 0.2) is 17.8 Å². The van der Waals surface area contributed by atoms with Gasteiger partial charge in [0.25, 0.3) is 0 Å². The van der Waals surface area contributed by atoms with Crippen LogP contribution in [0.25, 0.3) is 0 Å². The van der Waals surface area contributed by atoms with Crippen LogP contribution in [0.5, 0.6) is 0 Å². The lowest BCUT2D eigenvalue weighted by Gasteiger charge is -1.99. The van der Waals surface area contributed by atoms with Crippen LogP contribution in [0.3, 0.4) is 0 Å². The van der Waals surface area contributed by atoms with E-state index in [0.717, 1.165) is 0 Å². The van der Waals surface area contributed by atoms with E-state index < -0.39 is 6.10 Å². The summed E-state index contributed by atoms with van der Waals surface area (Å²) in [5, 5.41) is 11.5. The van der Waals surface area contributed by atoms with E-state index in [1.54, 1.807) is 0 Å². The Bertz CT molecular complexity index is 93.1. The lowest BCUT2D eigenvalue weighted by atomic mass is 10.2. The Hall–Kier alpha value is -0.700. The van der Waals surface area contributed by atoms with Crippen molar-refractivity contribution in [1.82, 2.24) is 0 Å². The van der Waals surface area contributed by atoms with Gasteiger partial charge >= 0.3 is 0 Å². The highest BCUT2D eigenvalue weighted by atomic mass is 16.3. The highest BCUT2D eigenvalue weighted by Crippen LogP contribution is 1.96. The summed E-state index contributed by atoms with van der Waals surface area (Å²) < 4.78 is 0. The third kappa shape index (κ3) is 5.17. The molecule has 1 atom stereocenters. The summed E-state index contributed by atoms with van der Waals surface area (Å²) in [6, 6.07) is 0. The van der Waals surface area contributed by atoms with E-state index in [4.69, 9.17) is 5.11 Å². The summed E-state index contributed by atoms with van der Waals surface area (Å²) in [4.78, 5) is 9.52. The van der Waals surface area contributed by atoms with Crippen molar-refractivity contribution in [1.29, 1.82) is 0 Å². The highest BCUT2D eigenvalue weighted by Gasteiger charge is 1.95. The van der Waals surface area contributed by atoms with Gasteiger partial charge in [-0.1, -0.05) is 11.3 Å². The van der Waals surface area contributed by atoms with E-state index in [9.17, 15) is 4.91 Å². The molecule has 1 unspecified atom stereocenters. The molecule has 0 aromatic carbocycles. The van der Waals surface area contributed by atoms with Crippen LogP contribution in [0, 0.1) is 4.91 Å². The molecule has 3 nitrogen and oxygen atoms in total. The molecule has 0 saturated heterocycles. The lowest BCUT2D eigenvalue weighted by Crippen LogP contribution is -2.01. The number of hydrogen-bond donors (Lipinski definition) is 1. The summed E-state index contributed by atoms with van der Waals surface area (Å²) in [5.41, 5.74) is 0. The van der Waals surface area contributed by atoms with Crippen LogP contribution >= 0.6 is 0 Å². The second kappa shape index (κ2) is 5.44. The maximum atomic E-state index is 9.52. The molecule has 0 radical (unpaired) electrons. The predicted octanol–water partition coefficient (Wildman–Crippen LogP) is 1.08. The minimum atomic E-state index is -0.480. The van der Waals surface area contributed by atoms with Crippen molar-refractivity contribution in [2.75, 3.05) is 6.54 Å². The van der Waals surface area contributed by atoms with Gasteiger partial charge in [-0.15, -0.1) is 6.58 Å². The second-order valence-electron chi connectivity index (χ2n) is 1.80. The van der Waals surface area contributed by atoms with Gasteiger partial charge in [0, 0.05) is 0 Å². The monoisotopic (exact) mass is 129 g/mol. The molecule has 0 heterocycles. The van der Waals surface area contributed by atoms with E-state index in [1.165, 1.54) is 6.08 Å². The maximum Gasteiger partial charge on any atom is 0.0812 e. The quantitative estimate of drug-likeness (QED) is 0.343. The number of hydrogen-bond acceptors (Lipinski definition) is 3. The second-order valence-corrected chi connectivity index (χ2v) is 1.80. The molecular weight excluding hydrogens is 118 g/mol. The molecular formula is C6H11NO2. The number of rotatable bonds is 5. The van der Waals surface area contributed by atoms with Crippen molar-refractivity contribution in [3.63, 3.8) is 0 Å². The molecule has 9 heavy (non-hydrogen) atoms. The molecule has 52 valence electrons. The fourth-order valence-corrected chi connectivity index (χ4v) is 0.483. The molecule has 0 aromatic rings. The van der Waals surface area contributed by atoms with Crippen LogP contribution in [0.4, 0.5) is 0 Å². The Labute approximate surface area is 54.4 Å². The molecule has 0 aliphatic rings. The van der Waals surface area contributed by atoms with Crippen LogP contribution < -0.4 is 0 Å². The summed E-state index contributed by atoms with van der Waals surface area (Å²) >= 11 is 0. The van der Waals surface area contributed by atoms with E-state index in [1.807, 2.05) is 0 Å². The Kier molecular flexibility index (Phi) is 5.01. The third-order valence-electron chi connectivity index (χ3n) is 1.02. The molecule has 0 aliphatic carbocycles. The molecule has 0 aliphatic heterocycles. The number of aliphatic hydroxyl groups is 1. The zero-order valence-corrected chi connectivity index (χ0v) is 5.29. The van der Waals surface area contributed by atoms with E-state index in [0.29, 0.717) is 12.8 Å². The van der Waals surface area contributed by atoms with E-state index in [-0.39, 0.29) is 6.54 Å². The zero-order valence-electron chi connectivity index (χ0n) is 5.29. The van der Waals surface area contributed by atoms with Crippen LogP contribution in [-0.4, -0.2) is 17.8 Å². The smallest absolute Gasteiger partial charge is 0.0812 e. The number of aliphatic hydroxyl groups excluding tert-OH is 1. The first-order valence-corrected chi connectivity index (χ1v) is 2.91. The van der Waals surface area contributed by atoms with Gasteiger partial charge < -0.3 is 5.11 Å². The number of nitroso groups, excluding NO2 is 1. The molecule has 0 spiro atoms. The Balaban J connectivity index is 3.05. The SMILES string of the molecule is C=CC(O)CCCN=O. The number of nitrogens with zero attached hydrogens (tertiary/aromatic N) is 1. The Morgan fingerprint density at radius 2 is 2.44 bits per heavy atom. The Morgan fingerprint density at radius 3 is 2.89 bits per heavy atom. The molecule has 0 rings (SSSR count). The predicted molar refractivity (Wildman–Crippen MR) is 36.1 cm³/mol. The van der Waals surface area contributed by atoms with Crippen molar-refractivity contribution >= 4 is 0 Å². The summed E-state index contributed by atoms with van der Waals surface area (Å²) in [6.07, 6.45) is 2.18. The van der Waals surface area contributed by atoms with Gasteiger partial charge in [-0.2, -0.15) is 4.91 Å². The van der Waals surface area contributed by atoms with Crippen LogP contribution in [0.1, 0.15) is 12.8 Å². The van der Waals surface area contributed by atoms with E-state index >= 15 is 0 Å². The molecule has 3 heteroatoms. The first-order chi connectivity index (χ1) is 4.31. The first kappa shape index (κ1) is 8.30. The van der Waals surface area contributed by atoms with Crippen molar-refractivity contribution in [3.8, 4) is 0 Å². The summed E-state index contributed by atoms with van der Waals surface area (Å²) in [6.45, 7) is 3.66. The average Bonchev–Trinajstić information content (AvgIpc) is 1.89. The third-order valence-corrected chi connectivity index (χ3v) is 1.02. The standard InChI is InChI=1S/C6H11NO2/c1-2-6(8)4-3-5-7-9/h2,6,8H,1,3-5H2. The fourth-order valence-electron chi connectivity index (χ4n) is 0.483. The average molecular weight is 129 g/mol. The zero-order chi connectivity index (χ0) is 7.11. The normalized spacial score (nSPS) is 12.6. The molecule has 1 N–H and O–H groups in total. The maximum absolute atomic E-state index is 9.52. The fraction of sp³-hybridized carbons (Fsp3) is 0.667. The van der Waals surface area contributed by atoms with Gasteiger partial charge in [0.15, 0.2) is 0 Å². The van der Waals surface area contributed by atoms with Gasteiger partial charge in [0.1, 0.15) is 0 Å². The Morgan fingerprint density at radius 1 is 1.78 bits per heavy atom. The van der Waals surface area contributed by atoms with Gasteiger partial charge in [-0.05, 0) is 12.8 Å². The van der Waals surface area contributed by atoms with Crippen molar-refractivity contribution in [3.05, 3.63) is 17.6 Å². The molecule has 0 aromatic heterocycles. The van der Waals surface area contributed by atoms with Gasteiger partial charge in [0.05, 0.1) is 12.6 Å². The van der Waals surface area contributed by atoms with Crippen LogP contribution in [-0.2, 0) is 0 Å². The van der Waals surface area contributed by atoms with Gasteiger partial charge in [-0.3, -0.25) is 0 Å². The van der Waals surface area contributed by atoms with Gasteiger partial charge in [0.2, 0.25) is 0 Å². The topological polar surface area (TPSA) is 49.7 Å². The lowest BCUT2D eigenvalue weighted by molar-refractivity contribution is 0.211. The van der Waals surface area contributed by atoms with Crippen LogP contribution in [0.2, 0.25) is 0 Å². The molecule has 0 saturated carbocycles. The highest BCUT2D eigenvalue weighted by molar-refractivity contribution is 4.77. The first-order valence-electron chi connectivity index (χ1n) is 2.91. The summed E-state index contributed by atoms with van der Waals surface area (Å²) in [5.74, 6) is 0. The van der Waals surface area contributed by atoms with Crippen molar-refractivity contribution in [2.45, 2.75) is 18.9 Å². The summed E-state index contributed by atoms with van der Waals surface area (Å²) in [7, 11) is 0.